The summed E-state index contributed by atoms with van der Waals surface area (Å²) in [6, 6.07) is 9.63. The summed E-state index contributed by atoms with van der Waals surface area (Å²) in [5.74, 6) is 0. The molecule has 1 aromatic heterocycles. The van der Waals surface area contributed by atoms with Crippen molar-refractivity contribution in [2.24, 2.45) is 0 Å². The first-order chi connectivity index (χ1) is 8.08. The van der Waals surface area contributed by atoms with Gasteiger partial charge in [-0.3, -0.25) is 0 Å². The Morgan fingerprint density at radius 2 is 2.12 bits per heavy atom. The van der Waals surface area contributed by atoms with Crippen molar-refractivity contribution in [3.63, 3.8) is 0 Å². The highest BCUT2D eigenvalue weighted by atomic mass is 79.9. The van der Waals surface area contributed by atoms with E-state index in [1.165, 1.54) is 0 Å². The Labute approximate surface area is 118 Å². The minimum absolute atomic E-state index is 0.495. The third-order valence-corrected chi connectivity index (χ3v) is 5.18. The lowest BCUT2D eigenvalue weighted by Crippen LogP contribution is -1.99. The molecule has 0 aliphatic rings. The molecule has 0 bridgehead atoms. The molecule has 0 aliphatic heterocycles. The molecule has 1 heterocycles. The second-order valence-electron chi connectivity index (χ2n) is 3.92. The Morgan fingerprint density at radius 1 is 1.41 bits per heavy atom. The van der Waals surface area contributed by atoms with E-state index in [4.69, 9.17) is 11.6 Å². The van der Waals surface area contributed by atoms with E-state index in [9.17, 15) is 5.11 Å². The van der Waals surface area contributed by atoms with E-state index in [1.54, 1.807) is 11.3 Å². The fourth-order valence-corrected chi connectivity index (χ4v) is 3.39. The number of hydrogen-bond acceptors (Lipinski definition) is 2. The van der Waals surface area contributed by atoms with E-state index in [2.05, 4.69) is 15.9 Å². The Balaban J connectivity index is 2.17. The van der Waals surface area contributed by atoms with Crippen LogP contribution in [-0.2, 0) is 6.42 Å². The highest BCUT2D eigenvalue weighted by Crippen LogP contribution is 2.33. The predicted molar refractivity (Wildman–Crippen MR) is 76.9 cm³/mol. The Hall–Kier alpha value is -0.350. The molecule has 4 heteroatoms. The Kier molecular flexibility index (Phi) is 4.26. The van der Waals surface area contributed by atoms with Gasteiger partial charge in [-0.1, -0.05) is 29.8 Å². The average Bonchev–Trinajstić information content (AvgIpc) is 2.63. The summed E-state index contributed by atoms with van der Waals surface area (Å²) in [6.07, 6.45) is 0.0522. The lowest BCUT2D eigenvalue weighted by atomic mass is 10.1. The van der Waals surface area contributed by atoms with Gasteiger partial charge in [0.05, 0.1) is 9.89 Å². The second-order valence-corrected chi connectivity index (χ2v) is 6.73. The van der Waals surface area contributed by atoms with E-state index in [-0.39, 0.29) is 0 Å². The van der Waals surface area contributed by atoms with Crippen LogP contribution in [0.25, 0.3) is 0 Å². The molecule has 2 aromatic rings. The monoisotopic (exact) mass is 330 g/mol. The third kappa shape index (κ3) is 3.10. The number of aliphatic hydroxyl groups is 1. The van der Waals surface area contributed by atoms with E-state index < -0.39 is 6.10 Å². The van der Waals surface area contributed by atoms with Gasteiger partial charge in [-0.2, -0.15) is 0 Å². The fourth-order valence-electron chi connectivity index (χ4n) is 1.62. The Morgan fingerprint density at radius 3 is 2.71 bits per heavy atom. The van der Waals surface area contributed by atoms with Gasteiger partial charge < -0.3 is 5.11 Å². The van der Waals surface area contributed by atoms with Gasteiger partial charge in [0.1, 0.15) is 0 Å². The molecule has 90 valence electrons. The molecule has 1 unspecified atom stereocenters. The number of aryl methyl sites for hydroxylation is 1. The number of hydrogen-bond donors (Lipinski definition) is 1. The molecule has 0 saturated heterocycles. The lowest BCUT2D eigenvalue weighted by Gasteiger charge is -2.09. The van der Waals surface area contributed by atoms with Crippen LogP contribution in [0.5, 0.6) is 0 Å². The van der Waals surface area contributed by atoms with Crippen molar-refractivity contribution in [1.82, 2.24) is 0 Å². The highest BCUT2D eigenvalue weighted by molar-refractivity contribution is 9.11. The van der Waals surface area contributed by atoms with E-state index in [1.807, 2.05) is 37.3 Å². The first kappa shape index (κ1) is 13.1. The lowest BCUT2D eigenvalue weighted by molar-refractivity contribution is 0.182. The molecule has 1 aromatic carbocycles. The van der Waals surface area contributed by atoms with Crippen LogP contribution >= 0.6 is 38.9 Å². The summed E-state index contributed by atoms with van der Waals surface area (Å²) in [5, 5.41) is 10.9. The van der Waals surface area contributed by atoms with Gasteiger partial charge in [0.25, 0.3) is 0 Å². The van der Waals surface area contributed by atoms with Crippen molar-refractivity contribution in [3.8, 4) is 0 Å². The van der Waals surface area contributed by atoms with Crippen LogP contribution in [0.2, 0.25) is 5.02 Å². The van der Waals surface area contributed by atoms with Gasteiger partial charge in [-0.25, -0.2) is 0 Å². The smallest absolute Gasteiger partial charge is 0.0923 e. The summed E-state index contributed by atoms with van der Waals surface area (Å²) in [7, 11) is 0. The molecule has 0 spiro atoms. The van der Waals surface area contributed by atoms with Crippen molar-refractivity contribution in [2.75, 3.05) is 0 Å². The van der Waals surface area contributed by atoms with Gasteiger partial charge in [-0.15, -0.1) is 11.3 Å². The largest absolute Gasteiger partial charge is 0.387 e. The average molecular weight is 332 g/mol. The zero-order chi connectivity index (χ0) is 12.4. The van der Waals surface area contributed by atoms with Crippen LogP contribution in [-0.4, -0.2) is 5.11 Å². The van der Waals surface area contributed by atoms with Crippen molar-refractivity contribution < 1.29 is 5.11 Å². The molecule has 2 rings (SSSR count). The summed E-state index contributed by atoms with van der Waals surface area (Å²) >= 11 is 11.1. The predicted octanol–water partition coefficient (Wildman–Crippen LogP) is 4.75. The number of halogens is 2. The van der Waals surface area contributed by atoms with E-state index in [0.29, 0.717) is 11.4 Å². The van der Waals surface area contributed by atoms with Crippen molar-refractivity contribution >= 4 is 38.9 Å². The van der Waals surface area contributed by atoms with Crippen molar-refractivity contribution in [3.05, 3.63) is 55.1 Å². The maximum atomic E-state index is 10.2. The number of thiophene rings is 1. The fraction of sp³-hybridized carbons (Fsp3) is 0.231. The maximum Gasteiger partial charge on any atom is 0.0923 e. The van der Waals surface area contributed by atoms with Crippen LogP contribution < -0.4 is 0 Å². The number of rotatable bonds is 3. The zero-order valence-electron chi connectivity index (χ0n) is 9.28. The van der Waals surface area contributed by atoms with Crippen LogP contribution in [0.15, 0.2) is 34.1 Å². The first-order valence-corrected chi connectivity index (χ1v) is 7.24. The number of aliphatic hydroxyl groups excluding tert-OH is 1. The first-order valence-electron chi connectivity index (χ1n) is 5.25. The van der Waals surface area contributed by atoms with Crippen LogP contribution in [0, 0.1) is 6.92 Å². The van der Waals surface area contributed by atoms with Crippen LogP contribution in [0.1, 0.15) is 22.1 Å². The van der Waals surface area contributed by atoms with Crippen LogP contribution in [0.3, 0.4) is 0 Å². The molecule has 0 aliphatic carbocycles. The van der Waals surface area contributed by atoms with Gasteiger partial charge in [0, 0.05) is 16.3 Å². The molecule has 1 nitrogen and oxygen atoms in total. The normalized spacial score (nSPS) is 12.7. The molecular weight excluding hydrogens is 320 g/mol. The summed E-state index contributed by atoms with van der Waals surface area (Å²) in [5.41, 5.74) is 2.13. The van der Waals surface area contributed by atoms with Gasteiger partial charge in [0.2, 0.25) is 0 Å². The number of benzene rings is 1. The topological polar surface area (TPSA) is 20.2 Å². The van der Waals surface area contributed by atoms with Crippen molar-refractivity contribution in [2.45, 2.75) is 19.4 Å². The summed E-state index contributed by atoms with van der Waals surface area (Å²) < 4.78 is 1.07. The molecular formula is C13H12BrClOS. The molecule has 17 heavy (non-hydrogen) atoms. The minimum atomic E-state index is -0.495. The highest BCUT2D eigenvalue weighted by Gasteiger charge is 2.14. The molecule has 0 saturated carbocycles. The zero-order valence-corrected chi connectivity index (χ0v) is 12.4. The van der Waals surface area contributed by atoms with Gasteiger partial charge >= 0.3 is 0 Å². The van der Waals surface area contributed by atoms with Crippen molar-refractivity contribution in [1.29, 1.82) is 0 Å². The summed E-state index contributed by atoms with van der Waals surface area (Å²) in [6.45, 7) is 2.02. The second kappa shape index (κ2) is 5.53. The molecule has 0 fully saturated rings. The third-order valence-electron chi connectivity index (χ3n) is 2.58. The Bertz CT molecular complexity index is 504. The van der Waals surface area contributed by atoms with Crippen LogP contribution in [0.4, 0.5) is 0 Å². The van der Waals surface area contributed by atoms with Gasteiger partial charge in [-0.05, 0) is 46.1 Å². The standard InChI is InChI=1S/C13H12BrClOS/c1-8-6-12(17-13(8)14)11(16)7-9-4-2-3-5-10(9)15/h2-6,11,16H,7H2,1H3. The van der Waals surface area contributed by atoms with E-state index in [0.717, 1.165) is 19.8 Å². The molecule has 1 N–H and O–H groups in total. The summed E-state index contributed by atoms with van der Waals surface area (Å²) in [4.78, 5) is 0.967. The molecule has 0 amide bonds. The maximum absolute atomic E-state index is 10.2. The van der Waals surface area contributed by atoms with Gasteiger partial charge in [0.15, 0.2) is 0 Å². The molecule has 1 atom stereocenters. The molecule has 0 radical (unpaired) electrons. The minimum Gasteiger partial charge on any atom is -0.387 e. The quantitative estimate of drug-likeness (QED) is 0.860. The van der Waals surface area contributed by atoms with E-state index >= 15 is 0 Å². The SMILES string of the molecule is Cc1cc(C(O)Cc2ccccc2Cl)sc1Br.